The SMILES string of the molecule is COc1ccc(C(C)c2nc(C)nc3ccccc23)cc1O. The van der Waals surface area contributed by atoms with Gasteiger partial charge in [-0.3, -0.25) is 0 Å². The van der Waals surface area contributed by atoms with Gasteiger partial charge in [0.1, 0.15) is 5.82 Å². The number of aromatic nitrogens is 2. The lowest BCUT2D eigenvalue weighted by Gasteiger charge is -2.15. The number of para-hydroxylation sites is 1. The van der Waals surface area contributed by atoms with Gasteiger partial charge in [0.05, 0.1) is 18.3 Å². The van der Waals surface area contributed by atoms with Crippen molar-refractivity contribution in [1.82, 2.24) is 9.97 Å². The Bertz CT molecular complexity index is 830. The van der Waals surface area contributed by atoms with E-state index in [1.807, 2.05) is 37.3 Å². The standard InChI is InChI=1S/C18H18N2O2/c1-11(13-8-9-17(22-3)16(21)10-13)18-14-6-4-5-7-15(14)19-12(2)20-18/h4-11,21H,1-3H3. The van der Waals surface area contributed by atoms with Crippen LogP contribution in [0.4, 0.5) is 0 Å². The molecule has 22 heavy (non-hydrogen) atoms. The molecule has 1 N–H and O–H groups in total. The molecule has 112 valence electrons. The Balaban J connectivity index is 2.12. The van der Waals surface area contributed by atoms with Gasteiger partial charge in [-0.2, -0.15) is 0 Å². The minimum absolute atomic E-state index is 0.0448. The molecule has 0 fully saturated rings. The molecule has 0 radical (unpaired) electrons. The highest BCUT2D eigenvalue weighted by Crippen LogP contribution is 2.33. The van der Waals surface area contributed by atoms with Gasteiger partial charge in [0, 0.05) is 11.3 Å². The number of phenolic OH excluding ortho intramolecular Hbond substituents is 1. The third-order valence-electron chi connectivity index (χ3n) is 3.86. The number of rotatable bonds is 3. The van der Waals surface area contributed by atoms with Gasteiger partial charge >= 0.3 is 0 Å². The van der Waals surface area contributed by atoms with Crippen LogP contribution in [0.2, 0.25) is 0 Å². The average molecular weight is 294 g/mol. The van der Waals surface area contributed by atoms with E-state index in [4.69, 9.17) is 4.74 Å². The monoisotopic (exact) mass is 294 g/mol. The Morgan fingerprint density at radius 3 is 2.59 bits per heavy atom. The van der Waals surface area contributed by atoms with Crippen molar-refractivity contribution in [1.29, 1.82) is 0 Å². The number of aromatic hydroxyl groups is 1. The molecule has 1 atom stereocenters. The maximum atomic E-state index is 10.00. The van der Waals surface area contributed by atoms with E-state index >= 15 is 0 Å². The van der Waals surface area contributed by atoms with Crippen molar-refractivity contribution in [3.63, 3.8) is 0 Å². The number of nitrogens with zero attached hydrogens (tertiary/aromatic N) is 2. The van der Waals surface area contributed by atoms with Crippen LogP contribution in [0, 0.1) is 6.92 Å². The van der Waals surface area contributed by atoms with Crippen LogP contribution in [0.5, 0.6) is 11.5 Å². The quantitative estimate of drug-likeness (QED) is 0.798. The molecule has 3 aromatic rings. The van der Waals surface area contributed by atoms with E-state index in [2.05, 4.69) is 16.9 Å². The zero-order chi connectivity index (χ0) is 15.7. The number of benzene rings is 2. The average Bonchev–Trinajstić information content (AvgIpc) is 2.53. The summed E-state index contributed by atoms with van der Waals surface area (Å²) < 4.78 is 5.10. The molecule has 0 aliphatic heterocycles. The molecule has 0 amide bonds. The van der Waals surface area contributed by atoms with Gasteiger partial charge in [-0.1, -0.05) is 31.2 Å². The lowest BCUT2D eigenvalue weighted by molar-refractivity contribution is 0.373. The Hall–Kier alpha value is -2.62. The predicted molar refractivity (Wildman–Crippen MR) is 86.5 cm³/mol. The molecule has 2 aromatic carbocycles. The third kappa shape index (κ3) is 2.48. The van der Waals surface area contributed by atoms with E-state index in [-0.39, 0.29) is 11.7 Å². The highest BCUT2D eigenvalue weighted by Gasteiger charge is 2.16. The number of fused-ring (bicyclic) bond motifs is 1. The fourth-order valence-electron chi connectivity index (χ4n) is 2.69. The predicted octanol–water partition coefficient (Wildman–Crippen LogP) is 3.80. The molecule has 1 aromatic heterocycles. The molecular weight excluding hydrogens is 276 g/mol. The number of ether oxygens (including phenoxy) is 1. The minimum Gasteiger partial charge on any atom is -0.504 e. The van der Waals surface area contributed by atoms with Crippen molar-refractivity contribution in [3.8, 4) is 11.5 Å². The second-order valence-corrected chi connectivity index (χ2v) is 5.33. The van der Waals surface area contributed by atoms with Gasteiger partial charge < -0.3 is 9.84 Å². The lowest BCUT2D eigenvalue weighted by Crippen LogP contribution is -2.04. The summed E-state index contributed by atoms with van der Waals surface area (Å²) in [6.07, 6.45) is 0. The van der Waals surface area contributed by atoms with Crippen LogP contribution in [0.15, 0.2) is 42.5 Å². The summed E-state index contributed by atoms with van der Waals surface area (Å²) >= 11 is 0. The summed E-state index contributed by atoms with van der Waals surface area (Å²) in [5.74, 6) is 1.41. The summed E-state index contributed by atoms with van der Waals surface area (Å²) in [6, 6.07) is 13.4. The summed E-state index contributed by atoms with van der Waals surface area (Å²) in [5.41, 5.74) is 2.89. The van der Waals surface area contributed by atoms with E-state index in [1.54, 1.807) is 19.2 Å². The zero-order valence-corrected chi connectivity index (χ0v) is 12.9. The van der Waals surface area contributed by atoms with Crippen LogP contribution in [-0.2, 0) is 0 Å². The fraction of sp³-hybridized carbons (Fsp3) is 0.222. The normalized spacial score (nSPS) is 12.3. The molecule has 0 saturated heterocycles. The number of phenols is 1. The van der Waals surface area contributed by atoms with Gasteiger partial charge in [0.15, 0.2) is 11.5 Å². The number of methoxy groups -OCH3 is 1. The lowest BCUT2D eigenvalue weighted by atomic mass is 9.94. The highest BCUT2D eigenvalue weighted by atomic mass is 16.5. The molecule has 1 unspecified atom stereocenters. The van der Waals surface area contributed by atoms with E-state index < -0.39 is 0 Å². The van der Waals surface area contributed by atoms with Crippen molar-refractivity contribution in [2.75, 3.05) is 7.11 Å². The van der Waals surface area contributed by atoms with Gasteiger partial charge in [0.25, 0.3) is 0 Å². The number of aryl methyl sites for hydroxylation is 1. The molecule has 4 heteroatoms. The largest absolute Gasteiger partial charge is 0.504 e. The van der Waals surface area contributed by atoms with Crippen molar-refractivity contribution < 1.29 is 9.84 Å². The van der Waals surface area contributed by atoms with Crippen LogP contribution in [0.3, 0.4) is 0 Å². The smallest absolute Gasteiger partial charge is 0.160 e. The van der Waals surface area contributed by atoms with Crippen LogP contribution in [-0.4, -0.2) is 22.2 Å². The van der Waals surface area contributed by atoms with Crippen LogP contribution in [0.25, 0.3) is 10.9 Å². The zero-order valence-electron chi connectivity index (χ0n) is 12.9. The molecule has 0 bridgehead atoms. The first kappa shape index (κ1) is 14.3. The van der Waals surface area contributed by atoms with Gasteiger partial charge in [0.2, 0.25) is 0 Å². The Labute approximate surface area is 129 Å². The van der Waals surface area contributed by atoms with Gasteiger partial charge in [-0.05, 0) is 30.7 Å². The Morgan fingerprint density at radius 2 is 1.86 bits per heavy atom. The summed E-state index contributed by atoms with van der Waals surface area (Å²) in [5, 5.41) is 11.0. The van der Waals surface area contributed by atoms with Crippen molar-refractivity contribution in [3.05, 3.63) is 59.5 Å². The third-order valence-corrected chi connectivity index (χ3v) is 3.86. The topological polar surface area (TPSA) is 55.2 Å². The van der Waals surface area contributed by atoms with E-state index in [0.29, 0.717) is 5.75 Å². The van der Waals surface area contributed by atoms with E-state index in [0.717, 1.165) is 28.0 Å². The molecule has 0 spiro atoms. The molecule has 3 rings (SSSR count). The van der Waals surface area contributed by atoms with Crippen LogP contribution in [0.1, 0.15) is 29.9 Å². The molecule has 0 saturated carbocycles. The van der Waals surface area contributed by atoms with Crippen molar-refractivity contribution in [2.45, 2.75) is 19.8 Å². The maximum Gasteiger partial charge on any atom is 0.160 e. The first-order valence-corrected chi connectivity index (χ1v) is 7.20. The molecule has 4 nitrogen and oxygen atoms in total. The van der Waals surface area contributed by atoms with E-state index in [1.165, 1.54) is 0 Å². The first-order chi connectivity index (χ1) is 10.6. The summed E-state index contributed by atoms with van der Waals surface area (Å²) in [6.45, 7) is 3.98. The molecule has 1 heterocycles. The Kier molecular flexibility index (Phi) is 3.67. The second kappa shape index (κ2) is 5.64. The van der Waals surface area contributed by atoms with Crippen LogP contribution >= 0.6 is 0 Å². The molecular formula is C18H18N2O2. The minimum atomic E-state index is 0.0448. The number of hydrogen-bond acceptors (Lipinski definition) is 4. The maximum absolute atomic E-state index is 10.00. The van der Waals surface area contributed by atoms with E-state index in [9.17, 15) is 5.11 Å². The fourth-order valence-corrected chi connectivity index (χ4v) is 2.69. The number of hydrogen-bond donors (Lipinski definition) is 1. The molecule has 0 aliphatic carbocycles. The van der Waals surface area contributed by atoms with Crippen molar-refractivity contribution >= 4 is 10.9 Å². The highest BCUT2D eigenvalue weighted by molar-refractivity contribution is 5.81. The summed E-state index contributed by atoms with van der Waals surface area (Å²) in [7, 11) is 1.54. The van der Waals surface area contributed by atoms with Crippen LogP contribution < -0.4 is 4.74 Å². The van der Waals surface area contributed by atoms with Crippen molar-refractivity contribution in [2.24, 2.45) is 0 Å². The summed E-state index contributed by atoms with van der Waals surface area (Å²) in [4.78, 5) is 9.10. The van der Waals surface area contributed by atoms with Gasteiger partial charge in [-0.15, -0.1) is 0 Å². The Morgan fingerprint density at radius 1 is 1.09 bits per heavy atom. The molecule has 0 aliphatic rings. The van der Waals surface area contributed by atoms with Gasteiger partial charge in [-0.25, -0.2) is 9.97 Å². The first-order valence-electron chi connectivity index (χ1n) is 7.20. The second-order valence-electron chi connectivity index (χ2n) is 5.33.